The number of halogens is 1. The first-order valence-electron chi connectivity index (χ1n) is 4.48. The fourth-order valence-corrected chi connectivity index (χ4v) is 3.03. The van der Waals surface area contributed by atoms with Crippen LogP contribution in [-0.2, 0) is 10.8 Å². The highest BCUT2D eigenvalue weighted by Gasteiger charge is 2.08. The van der Waals surface area contributed by atoms with Crippen molar-refractivity contribution in [1.29, 1.82) is 0 Å². The summed E-state index contributed by atoms with van der Waals surface area (Å²) in [5, 5.41) is 4.41. The number of hydrogen-bond acceptors (Lipinski definition) is 3. The summed E-state index contributed by atoms with van der Waals surface area (Å²) < 4.78 is 1.07. The van der Waals surface area contributed by atoms with Gasteiger partial charge in [-0.1, -0.05) is 29.5 Å². The van der Waals surface area contributed by atoms with Gasteiger partial charge in [0.05, 0.1) is 5.69 Å². The van der Waals surface area contributed by atoms with E-state index in [1.54, 1.807) is 11.3 Å². The number of nitrogens with one attached hydrogen (secondary N) is 1. The molecule has 1 rings (SSSR count). The number of alkyl halides is 1. The predicted octanol–water partition coefficient (Wildman–Crippen LogP) is 3.46. The Morgan fingerprint density at radius 1 is 1.54 bits per heavy atom. The van der Waals surface area contributed by atoms with Gasteiger partial charge < -0.3 is 5.32 Å². The van der Waals surface area contributed by atoms with Gasteiger partial charge in [-0.25, -0.2) is 4.98 Å². The highest BCUT2D eigenvalue weighted by atomic mass is 127. The molecule has 0 spiro atoms. The number of thiazole rings is 1. The number of aromatic nitrogens is 1. The number of aryl methyl sites for hydroxylation is 1. The smallest absolute Gasteiger partial charge is 0.183 e. The molecule has 1 N–H and O–H groups in total. The maximum Gasteiger partial charge on any atom is 0.183 e. The van der Waals surface area contributed by atoms with Crippen molar-refractivity contribution in [3.05, 3.63) is 10.6 Å². The van der Waals surface area contributed by atoms with Crippen molar-refractivity contribution >= 4 is 39.1 Å². The van der Waals surface area contributed by atoms with Crippen LogP contribution in [0.2, 0.25) is 0 Å². The Hall–Kier alpha value is 0.160. The standard InChI is InChI=1S/C9H15IN2S/c1-4-7-8(5-10)13-9(12-7)11-6(2)3/h6H,4-5H2,1-3H3,(H,11,12). The van der Waals surface area contributed by atoms with E-state index in [0.29, 0.717) is 6.04 Å². The molecule has 1 aromatic heterocycles. The van der Waals surface area contributed by atoms with Crippen molar-refractivity contribution in [3.63, 3.8) is 0 Å². The average Bonchev–Trinajstić information content (AvgIpc) is 2.45. The molecule has 0 atom stereocenters. The summed E-state index contributed by atoms with van der Waals surface area (Å²) in [7, 11) is 0. The molecule has 0 unspecified atom stereocenters. The van der Waals surface area contributed by atoms with Crippen LogP contribution >= 0.6 is 33.9 Å². The van der Waals surface area contributed by atoms with Gasteiger partial charge in [0.25, 0.3) is 0 Å². The molecule has 13 heavy (non-hydrogen) atoms. The Labute approximate surface area is 97.3 Å². The minimum Gasteiger partial charge on any atom is -0.359 e. The van der Waals surface area contributed by atoms with Gasteiger partial charge in [0, 0.05) is 15.3 Å². The first kappa shape index (κ1) is 11.2. The Balaban J connectivity index is 2.80. The molecule has 4 heteroatoms. The van der Waals surface area contributed by atoms with Crippen LogP contribution < -0.4 is 5.32 Å². The second-order valence-electron chi connectivity index (χ2n) is 3.18. The molecule has 0 saturated heterocycles. The quantitative estimate of drug-likeness (QED) is 0.680. The van der Waals surface area contributed by atoms with Crippen molar-refractivity contribution in [2.24, 2.45) is 0 Å². The molecular weight excluding hydrogens is 295 g/mol. The number of nitrogens with zero attached hydrogens (tertiary/aromatic N) is 1. The van der Waals surface area contributed by atoms with E-state index in [9.17, 15) is 0 Å². The van der Waals surface area contributed by atoms with Gasteiger partial charge in [0.2, 0.25) is 0 Å². The fraction of sp³-hybridized carbons (Fsp3) is 0.667. The predicted molar refractivity (Wildman–Crippen MR) is 68.0 cm³/mol. The first-order valence-corrected chi connectivity index (χ1v) is 6.82. The SMILES string of the molecule is CCc1nc(NC(C)C)sc1CI. The van der Waals surface area contributed by atoms with Gasteiger partial charge in [-0.2, -0.15) is 0 Å². The normalized spacial score (nSPS) is 10.8. The molecule has 1 heterocycles. The Morgan fingerprint density at radius 3 is 2.62 bits per heavy atom. The van der Waals surface area contributed by atoms with Crippen LogP contribution in [0.15, 0.2) is 0 Å². The zero-order valence-electron chi connectivity index (χ0n) is 8.22. The van der Waals surface area contributed by atoms with Crippen molar-refractivity contribution in [1.82, 2.24) is 4.98 Å². The van der Waals surface area contributed by atoms with Crippen molar-refractivity contribution < 1.29 is 0 Å². The summed E-state index contributed by atoms with van der Waals surface area (Å²) in [6, 6.07) is 0.470. The van der Waals surface area contributed by atoms with Crippen LogP contribution in [0.3, 0.4) is 0 Å². The summed E-state index contributed by atoms with van der Waals surface area (Å²) in [6.45, 7) is 6.43. The third-order valence-corrected chi connectivity index (χ3v) is 3.96. The maximum absolute atomic E-state index is 4.54. The summed E-state index contributed by atoms with van der Waals surface area (Å²) in [5.74, 6) is 0. The van der Waals surface area contributed by atoms with E-state index in [1.807, 2.05) is 0 Å². The lowest BCUT2D eigenvalue weighted by Gasteiger charge is -2.04. The van der Waals surface area contributed by atoms with Gasteiger partial charge in [-0.05, 0) is 20.3 Å². The molecule has 74 valence electrons. The largest absolute Gasteiger partial charge is 0.359 e. The van der Waals surface area contributed by atoms with E-state index < -0.39 is 0 Å². The number of rotatable bonds is 4. The van der Waals surface area contributed by atoms with E-state index in [4.69, 9.17) is 0 Å². The van der Waals surface area contributed by atoms with Crippen molar-refractivity contribution in [2.75, 3.05) is 5.32 Å². The molecule has 0 radical (unpaired) electrons. The number of anilines is 1. The summed E-state index contributed by atoms with van der Waals surface area (Å²) >= 11 is 4.17. The Kier molecular flexibility index (Phi) is 4.45. The zero-order chi connectivity index (χ0) is 9.84. The van der Waals surface area contributed by atoms with Gasteiger partial charge in [0.1, 0.15) is 0 Å². The maximum atomic E-state index is 4.54. The lowest BCUT2D eigenvalue weighted by Crippen LogP contribution is -2.09. The molecule has 0 bridgehead atoms. The van der Waals surface area contributed by atoms with Gasteiger partial charge >= 0.3 is 0 Å². The van der Waals surface area contributed by atoms with Crippen LogP contribution in [-0.4, -0.2) is 11.0 Å². The van der Waals surface area contributed by atoms with Crippen molar-refractivity contribution in [2.45, 2.75) is 37.7 Å². The van der Waals surface area contributed by atoms with Crippen LogP contribution in [0.5, 0.6) is 0 Å². The lowest BCUT2D eigenvalue weighted by molar-refractivity contribution is 0.892. The van der Waals surface area contributed by atoms with E-state index in [0.717, 1.165) is 16.0 Å². The first-order chi connectivity index (χ1) is 6.17. The molecule has 0 amide bonds. The molecule has 0 fully saturated rings. The van der Waals surface area contributed by atoms with E-state index in [1.165, 1.54) is 10.6 Å². The minimum atomic E-state index is 0.470. The minimum absolute atomic E-state index is 0.470. The van der Waals surface area contributed by atoms with E-state index in [-0.39, 0.29) is 0 Å². The van der Waals surface area contributed by atoms with Crippen molar-refractivity contribution in [3.8, 4) is 0 Å². The molecule has 2 nitrogen and oxygen atoms in total. The Bertz CT molecular complexity index is 249. The fourth-order valence-electron chi connectivity index (χ4n) is 1.07. The van der Waals surface area contributed by atoms with Crippen LogP contribution in [0, 0.1) is 0 Å². The molecule has 0 saturated carbocycles. The van der Waals surface area contributed by atoms with E-state index >= 15 is 0 Å². The van der Waals surface area contributed by atoms with Crippen LogP contribution in [0.4, 0.5) is 5.13 Å². The highest BCUT2D eigenvalue weighted by molar-refractivity contribution is 14.1. The van der Waals surface area contributed by atoms with Crippen LogP contribution in [0.1, 0.15) is 31.3 Å². The van der Waals surface area contributed by atoms with Crippen LogP contribution in [0.25, 0.3) is 0 Å². The van der Waals surface area contributed by atoms with Gasteiger partial charge in [-0.3, -0.25) is 0 Å². The topological polar surface area (TPSA) is 24.9 Å². The van der Waals surface area contributed by atoms with Gasteiger partial charge in [0.15, 0.2) is 5.13 Å². The molecule has 0 aliphatic rings. The third kappa shape index (κ3) is 3.09. The van der Waals surface area contributed by atoms with E-state index in [2.05, 4.69) is 53.7 Å². The summed E-state index contributed by atoms with van der Waals surface area (Å²) in [6.07, 6.45) is 1.04. The molecule has 0 aromatic carbocycles. The summed E-state index contributed by atoms with van der Waals surface area (Å²) in [5.41, 5.74) is 1.25. The summed E-state index contributed by atoms with van der Waals surface area (Å²) in [4.78, 5) is 5.95. The average molecular weight is 310 g/mol. The van der Waals surface area contributed by atoms with Gasteiger partial charge in [-0.15, -0.1) is 11.3 Å². The highest BCUT2D eigenvalue weighted by Crippen LogP contribution is 2.26. The lowest BCUT2D eigenvalue weighted by atomic mass is 10.3. The monoisotopic (exact) mass is 310 g/mol. The third-order valence-electron chi connectivity index (χ3n) is 1.65. The second-order valence-corrected chi connectivity index (χ2v) is 5.02. The molecule has 0 aliphatic heterocycles. The molecule has 1 aromatic rings. The number of hydrogen-bond donors (Lipinski definition) is 1. The molecule has 0 aliphatic carbocycles. The second kappa shape index (κ2) is 5.14. The zero-order valence-corrected chi connectivity index (χ0v) is 11.2. The molecular formula is C9H15IN2S. The Morgan fingerprint density at radius 2 is 2.23 bits per heavy atom.